The first-order valence-electron chi connectivity index (χ1n) is 9.50. The van der Waals surface area contributed by atoms with Crippen molar-refractivity contribution in [2.24, 2.45) is 0 Å². The zero-order valence-corrected chi connectivity index (χ0v) is 15.9. The molecule has 160 valence electrons. The van der Waals surface area contributed by atoms with Gasteiger partial charge >= 0.3 is 12.2 Å². The molecule has 2 aliphatic heterocycles. The fourth-order valence-corrected chi connectivity index (χ4v) is 3.42. The zero-order chi connectivity index (χ0) is 21.4. The molecule has 0 radical (unpaired) electrons. The molecule has 1 N–H and O–H groups in total. The Morgan fingerprint density at radius 3 is 2.23 bits per heavy atom. The molecule has 1 aromatic heterocycles. The fraction of sp³-hybridized carbons (Fsp3) is 0.450. The number of aromatic nitrogens is 2. The van der Waals surface area contributed by atoms with Crippen molar-refractivity contribution in [3.8, 4) is 6.01 Å². The Labute approximate surface area is 170 Å². The molecule has 3 heterocycles. The average Bonchev–Trinajstić information content (AvgIpc) is 2.72. The van der Waals surface area contributed by atoms with Crippen molar-refractivity contribution in [3.05, 3.63) is 53.3 Å². The van der Waals surface area contributed by atoms with E-state index in [0.717, 1.165) is 0 Å². The van der Waals surface area contributed by atoms with Gasteiger partial charge in [-0.3, -0.25) is 4.79 Å². The molecule has 2 aromatic rings. The van der Waals surface area contributed by atoms with Gasteiger partial charge in [-0.15, -0.1) is 0 Å². The van der Waals surface area contributed by atoms with E-state index < -0.39 is 17.3 Å². The maximum atomic E-state index is 12.7. The molecule has 1 aromatic carbocycles. The highest BCUT2D eigenvalue weighted by molar-refractivity contribution is 5.94. The molecule has 0 spiro atoms. The van der Waals surface area contributed by atoms with Gasteiger partial charge < -0.3 is 19.5 Å². The maximum absolute atomic E-state index is 12.7. The molecule has 0 unspecified atom stereocenters. The van der Waals surface area contributed by atoms with E-state index in [4.69, 9.17) is 9.47 Å². The van der Waals surface area contributed by atoms with E-state index in [2.05, 4.69) is 9.97 Å². The number of aliphatic hydroxyl groups is 1. The van der Waals surface area contributed by atoms with E-state index in [0.29, 0.717) is 49.5 Å². The number of hydrogen-bond donors (Lipinski definition) is 1. The van der Waals surface area contributed by atoms with Crippen LogP contribution < -0.4 is 4.74 Å². The van der Waals surface area contributed by atoms with Crippen LogP contribution in [0.5, 0.6) is 6.01 Å². The third kappa shape index (κ3) is 4.24. The summed E-state index contributed by atoms with van der Waals surface area (Å²) in [5.74, 6) is -0.123. The van der Waals surface area contributed by atoms with Crippen LogP contribution in [-0.4, -0.2) is 58.3 Å². The van der Waals surface area contributed by atoms with Crippen molar-refractivity contribution in [1.29, 1.82) is 0 Å². The van der Waals surface area contributed by atoms with Crippen LogP contribution in [0.1, 0.15) is 34.3 Å². The summed E-state index contributed by atoms with van der Waals surface area (Å²) in [6.07, 6.45) is -2.35. The van der Waals surface area contributed by atoms with Crippen molar-refractivity contribution in [1.82, 2.24) is 14.9 Å². The largest absolute Gasteiger partial charge is 0.460 e. The number of rotatable bonds is 4. The fourth-order valence-electron chi connectivity index (χ4n) is 3.42. The molecule has 2 saturated heterocycles. The second-order valence-corrected chi connectivity index (χ2v) is 7.46. The molecule has 7 nitrogen and oxygen atoms in total. The van der Waals surface area contributed by atoms with E-state index in [1.807, 2.05) is 0 Å². The second-order valence-electron chi connectivity index (χ2n) is 7.46. The number of piperidine rings is 1. The monoisotopic (exact) mass is 423 g/mol. The highest BCUT2D eigenvalue weighted by Gasteiger charge is 2.38. The standard InChI is InChI=1S/C20H20F3N3O4/c21-20(22,23)15-9-24-18(25-10-15)30-16-5-7-26(8-6-16)17(27)13-1-3-14(4-2-13)19(28)11-29-12-19/h1-4,9-10,16,28H,5-8,11-12H2. The average molecular weight is 423 g/mol. The molecular formula is C20H20F3N3O4. The first-order chi connectivity index (χ1) is 14.2. The lowest BCUT2D eigenvalue weighted by Gasteiger charge is -2.36. The molecule has 0 aliphatic carbocycles. The Morgan fingerprint density at radius 1 is 1.13 bits per heavy atom. The molecule has 10 heteroatoms. The zero-order valence-electron chi connectivity index (χ0n) is 15.9. The van der Waals surface area contributed by atoms with E-state index in [1.54, 1.807) is 29.2 Å². The third-order valence-corrected chi connectivity index (χ3v) is 5.31. The minimum absolute atomic E-state index is 0.110. The summed E-state index contributed by atoms with van der Waals surface area (Å²) >= 11 is 0. The van der Waals surface area contributed by atoms with Crippen molar-refractivity contribution in [2.45, 2.75) is 30.7 Å². The smallest absolute Gasteiger partial charge is 0.419 e. The van der Waals surface area contributed by atoms with Gasteiger partial charge in [-0.25, -0.2) is 9.97 Å². The number of ether oxygens (including phenoxy) is 2. The highest BCUT2D eigenvalue weighted by Crippen LogP contribution is 2.30. The summed E-state index contributed by atoms with van der Waals surface area (Å²) in [7, 11) is 0. The Kier molecular flexibility index (Phi) is 5.37. The van der Waals surface area contributed by atoms with Crippen LogP contribution >= 0.6 is 0 Å². The molecule has 4 rings (SSSR count). The van der Waals surface area contributed by atoms with Crippen molar-refractivity contribution < 1.29 is 32.5 Å². The van der Waals surface area contributed by atoms with E-state index in [-0.39, 0.29) is 31.2 Å². The lowest BCUT2D eigenvalue weighted by Crippen LogP contribution is -2.46. The van der Waals surface area contributed by atoms with Crippen molar-refractivity contribution >= 4 is 5.91 Å². The van der Waals surface area contributed by atoms with Gasteiger partial charge in [0.1, 0.15) is 11.7 Å². The van der Waals surface area contributed by atoms with E-state index in [9.17, 15) is 23.1 Å². The number of likely N-dealkylation sites (tertiary alicyclic amines) is 1. The quantitative estimate of drug-likeness (QED) is 0.813. The minimum Gasteiger partial charge on any atom is -0.460 e. The summed E-state index contributed by atoms with van der Waals surface area (Å²) in [6.45, 7) is 1.39. The second kappa shape index (κ2) is 7.84. The van der Waals surface area contributed by atoms with Gasteiger partial charge in [0.2, 0.25) is 0 Å². The SMILES string of the molecule is O=C(c1ccc(C2(O)COC2)cc1)N1CCC(Oc2ncc(C(F)(F)F)cn2)CC1. The van der Waals surface area contributed by atoms with E-state index in [1.165, 1.54) is 0 Å². The van der Waals surface area contributed by atoms with Crippen LogP contribution in [0.4, 0.5) is 13.2 Å². The Balaban J connectivity index is 1.30. The van der Waals surface area contributed by atoms with Crippen LogP contribution in [0.2, 0.25) is 0 Å². The van der Waals surface area contributed by atoms with Crippen LogP contribution in [-0.2, 0) is 16.5 Å². The number of carbonyl (C=O) groups excluding carboxylic acids is 1. The lowest BCUT2D eigenvalue weighted by molar-refractivity contribution is -0.184. The molecule has 1 amide bonds. The number of halogens is 3. The van der Waals surface area contributed by atoms with Crippen LogP contribution in [0.3, 0.4) is 0 Å². The molecule has 0 atom stereocenters. The third-order valence-electron chi connectivity index (χ3n) is 5.31. The van der Waals surface area contributed by atoms with Crippen molar-refractivity contribution in [2.75, 3.05) is 26.3 Å². The molecular weight excluding hydrogens is 403 g/mol. The van der Waals surface area contributed by atoms with Gasteiger partial charge in [-0.05, 0) is 17.7 Å². The number of carbonyl (C=O) groups is 1. The maximum Gasteiger partial charge on any atom is 0.419 e. The van der Waals surface area contributed by atoms with E-state index >= 15 is 0 Å². The molecule has 30 heavy (non-hydrogen) atoms. The normalized spacial score (nSPS) is 19.3. The molecule has 0 saturated carbocycles. The van der Waals surface area contributed by atoms with Gasteiger partial charge in [0.05, 0.1) is 18.8 Å². The van der Waals surface area contributed by atoms with Crippen molar-refractivity contribution in [3.63, 3.8) is 0 Å². The Morgan fingerprint density at radius 2 is 1.73 bits per heavy atom. The van der Waals surface area contributed by atoms with Crippen LogP contribution in [0.25, 0.3) is 0 Å². The lowest BCUT2D eigenvalue weighted by atomic mass is 9.91. The topological polar surface area (TPSA) is 84.8 Å². The number of benzene rings is 1. The number of alkyl halides is 3. The van der Waals surface area contributed by atoms with Gasteiger partial charge in [-0.2, -0.15) is 13.2 Å². The van der Waals surface area contributed by atoms with Crippen LogP contribution in [0.15, 0.2) is 36.7 Å². The van der Waals surface area contributed by atoms with Gasteiger partial charge in [0.15, 0.2) is 0 Å². The molecule has 2 fully saturated rings. The first kappa shape index (κ1) is 20.5. The van der Waals surface area contributed by atoms with Gasteiger partial charge in [0, 0.05) is 43.9 Å². The predicted molar refractivity (Wildman–Crippen MR) is 97.7 cm³/mol. The highest BCUT2D eigenvalue weighted by atomic mass is 19.4. The minimum atomic E-state index is -4.49. The first-order valence-corrected chi connectivity index (χ1v) is 9.50. The Hall–Kier alpha value is -2.72. The summed E-state index contributed by atoms with van der Waals surface area (Å²) in [6, 6.07) is 6.72. The molecule has 2 aliphatic rings. The predicted octanol–water partition coefficient (Wildman–Crippen LogP) is 2.40. The summed E-state index contributed by atoms with van der Waals surface area (Å²) in [4.78, 5) is 21.6. The Bertz CT molecular complexity index is 891. The van der Waals surface area contributed by atoms with Crippen LogP contribution in [0, 0.1) is 0 Å². The summed E-state index contributed by atoms with van der Waals surface area (Å²) in [5.41, 5.74) is -0.669. The number of hydrogen-bond acceptors (Lipinski definition) is 6. The molecule has 0 bridgehead atoms. The number of nitrogens with zero attached hydrogens (tertiary/aromatic N) is 3. The van der Waals surface area contributed by atoms with Gasteiger partial charge in [-0.1, -0.05) is 12.1 Å². The summed E-state index contributed by atoms with van der Waals surface area (Å²) in [5, 5.41) is 10.3. The summed E-state index contributed by atoms with van der Waals surface area (Å²) < 4.78 is 48.3. The van der Waals surface area contributed by atoms with Gasteiger partial charge in [0.25, 0.3) is 5.91 Å². The number of amides is 1.